The molecule has 2 heterocycles. The van der Waals surface area contributed by atoms with E-state index >= 15 is 0 Å². The lowest BCUT2D eigenvalue weighted by atomic mass is 9.96. The molecule has 10 rings (SSSR count). The van der Waals surface area contributed by atoms with Crippen LogP contribution < -0.4 is 4.90 Å². The summed E-state index contributed by atoms with van der Waals surface area (Å²) >= 11 is 0. The molecule has 10 aromatic rings. The number of para-hydroxylation sites is 4. The molecule has 4 heteroatoms. The van der Waals surface area contributed by atoms with Gasteiger partial charge in [0.05, 0.1) is 49.8 Å². The van der Waals surface area contributed by atoms with Crippen molar-refractivity contribution in [3.63, 3.8) is 0 Å². The summed E-state index contributed by atoms with van der Waals surface area (Å²) in [6.45, 7) is 0. The molecular formula is C50H33N3O. The fourth-order valence-corrected chi connectivity index (χ4v) is 6.19. The number of aromatic nitrogens is 2. The van der Waals surface area contributed by atoms with Crippen molar-refractivity contribution < 1.29 is 31.8 Å². The number of fused-ring (bicyclic) bond motifs is 4. The Morgan fingerprint density at radius 2 is 1.06 bits per heavy atom. The molecule has 0 saturated heterocycles. The Morgan fingerprint density at radius 3 is 1.78 bits per heavy atom. The van der Waals surface area contributed by atoms with E-state index in [2.05, 4.69) is 0 Å². The molecule has 54 heavy (non-hydrogen) atoms. The quantitative estimate of drug-likeness (QED) is 0.165. The molecule has 0 unspecified atom stereocenters. The standard InChI is InChI=1S/C50H33N3O/c1-4-14-34(15-5-1)36-16-12-17-38(32-36)49-50(52-45-24-11-10-23-44(45)51-49)43-22-13-25-46-48(43)42-31-28-37(33-47(42)54-46)35-26-29-41(30-27-35)53(39-18-6-2-7-19-39)40-20-8-3-9-21-40/h1-33H/i2D,3D,6D,7D,8D,9D,13D,18D,19D,20D,21D,22D,25D,26D,27D,28D,29D,30D,31D,33D. The van der Waals surface area contributed by atoms with Gasteiger partial charge in [-0.1, -0.05) is 127 Å². The third kappa shape index (κ3) is 5.67. The van der Waals surface area contributed by atoms with Crippen LogP contribution in [0, 0.1) is 0 Å². The van der Waals surface area contributed by atoms with E-state index < -0.39 is 155 Å². The monoisotopic (exact) mass is 711 g/mol. The van der Waals surface area contributed by atoms with Crippen LogP contribution in [0.1, 0.15) is 27.4 Å². The zero-order valence-electron chi connectivity index (χ0n) is 47.8. The smallest absolute Gasteiger partial charge is 0.136 e. The van der Waals surface area contributed by atoms with Gasteiger partial charge < -0.3 is 9.32 Å². The minimum Gasteiger partial charge on any atom is -0.456 e. The van der Waals surface area contributed by atoms with Crippen LogP contribution in [0.5, 0.6) is 0 Å². The van der Waals surface area contributed by atoms with Gasteiger partial charge in [0.25, 0.3) is 0 Å². The number of benzene rings is 8. The molecule has 0 radical (unpaired) electrons. The predicted octanol–water partition coefficient (Wildman–Crippen LogP) is 13.7. The first-order chi connectivity index (χ1) is 35.1. The van der Waals surface area contributed by atoms with Gasteiger partial charge >= 0.3 is 0 Å². The van der Waals surface area contributed by atoms with E-state index in [9.17, 15) is 11.0 Å². The molecule has 0 aliphatic heterocycles. The Balaban J connectivity index is 1.26. The van der Waals surface area contributed by atoms with Crippen molar-refractivity contribution in [3.05, 3.63) is 200 Å². The zero-order valence-corrected chi connectivity index (χ0v) is 27.8. The van der Waals surface area contributed by atoms with Gasteiger partial charge in [0.1, 0.15) is 11.2 Å². The van der Waals surface area contributed by atoms with Crippen LogP contribution in [0.15, 0.2) is 204 Å². The summed E-state index contributed by atoms with van der Waals surface area (Å²) in [4.78, 5) is 10.4. The van der Waals surface area contributed by atoms with Gasteiger partial charge in [0, 0.05) is 39.0 Å². The van der Waals surface area contributed by atoms with Crippen molar-refractivity contribution in [3.8, 4) is 44.8 Å². The lowest BCUT2D eigenvalue weighted by Gasteiger charge is -2.25. The molecule has 0 aliphatic rings. The van der Waals surface area contributed by atoms with E-state index in [1.165, 1.54) is 0 Å². The Bertz CT molecular complexity index is 3950. The maximum Gasteiger partial charge on any atom is 0.136 e. The number of hydrogen-bond donors (Lipinski definition) is 0. The molecule has 0 spiro atoms. The number of rotatable bonds is 7. The van der Waals surface area contributed by atoms with E-state index in [1.54, 1.807) is 30.3 Å². The maximum absolute atomic E-state index is 9.58. The Morgan fingerprint density at radius 1 is 0.444 bits per heavy atom. The van der Waals surface area contributed by atoms with Crippen molar-refractivity contribution in [2.24, 2.45) is 0 Å². The van der Waals surface area contributed by atoms with E-state index in [0.29, 0.717) is 21.5 Å². The van der Waals surface area contributed by atoms with Gasteiger partial charge in [-0.05, 0) is 94.8 Å². The highest BCUT2D eigenvalue weighted by molar-refractivity contribution is 6.14. The highest BCUT2D eigenvalue weighted by Gasteiger charge is 2.20. The third-order valence-corrected chi connectivity index (χ3v) is 8.63. The molecule has 2 aromatic heterocycles. The molecule has 0 bridgehead atoms. The highest BCUT2D eigenvalue weighted by atomic mass is 16.3. The molecule has 254 valence electrons. The molecular weight excluding hydrogens is 659 g/mol. The summed E-state index contributed by atoms with van der Waals surface area (Å²) in [6, 6.07) is 5.99. The fraction of sp³-hybridized carbons (Fsp3) is 0. The Labute approximate surface area is 341 Å². The Hall–Kier alpha value is -7.30. The van der Waals surface area contributed by atoms with Crippen molar-refractivity contribution in [1.29, 1.82) is 0 Å². The van der Waals surface area contributed by atoms with Crippen molar-refractivity contribution in [2.75, 3.05) is 4.90 Å². The van der Waals surface area contributed by atoms with Crippen LogP contribution in [0.2, 0.25) is 0 Å². The molecule has 0 fully saturated rings. The van der Waals surface area contributed by atoms with Crippen molar-refractivity contribution in [2.45, 2.75) is 0 Å². The SMILES string of the molecule is [2H]c1c([2H])c([2H])c(N(c2c([2H])c([2H])c([2H])c([2H])c2[2H])c2c([2H])c([2H])c(-c3c([2H])c([2H])c4c(oc5c([2H])c([2H])c([2H])c(-c6nc7ccccc7nc6-c6cccc(-c7ccccc7)c6)c54)c3[2H])c([2H])c2[2H])c([2H])c1[2H]. The second-order valence-corrected chi connectivity index (χ2v) is 11.9. The van der Waals surface area contributed by atoms with Crippen LogP contribution in [0.3, 0.4) is 0 Å². The minimum absolute atomic E-state index is 0.0413. The molecule has 4 nitrogen and oxygen atoms in total. The average Bonchev–Trinajstić information content (AvgIpc) is 3.81. The van der Waals surface area contributed by atoms with Crippen LogP contribution in [-0.2, 0) is 0 Å². The van der Waals surface area contributed by atoms with Crippen molar-refractivity contribution >= 4 is 50.0 Å². The van der Waals surface area contributed by atoms with Gasteiger partial charge in [0.2, 0.25) is 0 Å². The second kappa shape index (κ2) is 13.4. The second-order valence-electron chi connectivity index (χ2n) is 11.9. The number of nitrogens with zero attached hydrogens (tertiary/aromatic N) is 3. The maximum atomic E-state index is 9.58. The molecule has 0 saturated carbocycles. The third-order valence-electron chi connectivity index (χ3n) is 8.63. The van der Waals surface area contributed by atoms with Crippen LogP contribution in [-0.4, -0.2) is 9.97 Å². The van der Waals surface area contributed by atoms with Crippen LogP contribution in [0.25, 0.3) is 77.7 Å². The van der Waals surface area contributed by atoms with E-state index in [0.717, 1.165) is 11.1 Å². The fourth-order valence-electron chi connectivity index (χ4n) is 6.19. The van der Waals surface area contributed by atoms with Gasteiger partial charge in [-0.25, -0.2) is 9.97 Å². The summed E-state index contributed by atoms with van der Waals surface area (Å²) < 4.78 is 185. The lowest BCUT2D eigenvalue weighted by molar-refractivity contribution is 0.669. The van der Waals surface area contributed by atoms with E-state index in [1.807, 2.05) is 48.5 Å². The average molecular weight is 712 g/mol. The summed E-state index contributed by atoms with van der Waals surface area (Å²) in [6.07, 6.45) is 0. The van der Waals surface area contributed by atoms with Crippen LogP contribution in [0.4, 0.5) is 17.1 Å². The summed E-state index contributed by atoms with van der Waals surface area (Å²) in [5.74, 6) is 0. The Kier molecular flexibility index (Phi) is 4.21. The van der Waals surface area contributed by atoms with Crippen molar-refractivity contribution in [1.82, 2.24) is 9.97 Å². The molecule has 0 aliphatic carbocycles. The topological polar surface area (TPSA) is 42.2 Å². The summed E-state index contributed by atoms with van der Waals surface area (Å²) in [5, 5.41) is -0.424. The van der Waals surface area contributed by atoms with Gasteiger partial charge in [-0.2, -0.15) is 0 Å². The van der Waals surface area contributed by atoms with E-state index in [-0.39, 0.29) is 33.3 Å². The first kappa shape index (κ1) is 17.0. The van der Waals surface area contributed by atoms with Crippen LogP contribution >= 0.6 is 0 Å². The molecule has 0 atom stereocenters. The lowest BCUT2D eigenvalue weighted by Crippen LogP contribution is -2.09. The number of furan rings is 1. The summed E-state index contributed by atoms with van der Waals surface area (Å²) in [5.41, 5.74) is -1.78. The number of hydrogen-bond acceptors (Lipinski definition) is 4. The van der Waals surface area contributed by atoms with Gasteiger partial charge in [0.15, 0.2) is 0 Å². The van der Waals surface area contributed by atoms with Gasteiger partial charge in [-0.15, -0.1) is 0 Å². The van der Waals surface area contributed by atoms with E-state index in [4.69, 9.17) is 30.8 Å². The summed E-state index contributed by atoms with van der Waals surface area (Å²) in [7, 11) is 0. The van der Waals surface area contributed by atoms with Gasteiger partial charge in [-0.3, -0.25) is 0 Å². The minimum atomic E-state index is -1.08. The molecule has 0 amide bonds. The highest BCUT2D eigenvalue weighted by Crippen LogP contribution is 2.42. The predicted molar refractivity (Wildman–Crippen MR) is 223 cm³/mol. The largest absolute Gasteiger partial charge is 0.456 e. The zero-order chi connectivity index (χ0) is 53.3. The first-order valence-corrected chi connectivity index (χ1v) is 16.5. The molecule has 8 aromatic carbocycles. The number of anilines is 3. The normalized spacial score (nSPS) is 16.5. The first-order valence-electron chi connectivity index (χ1n) is 26.5. The molecule has 0 N–H and O–H groups in total.